The van der Waals surface area contributed by atoms with Crippen LogP contribution in [0, 0.1) is 0 Å². The summed E-state index contributed by atoms with van der Waals surface area (Å²) in [5.41, 5.74) is 0. The van der Waals surface area contributed by atoms with Crippen molar-refractivity contribution in [2.24, 2.45) is 0 Å². The summed E-state index contributed by atoms with van der Waals surface area (Å²) in [4.78, 5) is 48.4. The summed E-state index contributed by atoms with van der Waals surface area (Å²) >= 11 is 0. The number of allylic oxidation sites excluding steroid dienone is 8. The first-order valence-electron chi connectivity index (χ1n) is 37.8. The molecule has 0 unspecified atom stereocenters. The van der Waals surface area contributed by atoms with E-state index in [0.717, 1.165) is 89.9 Å². The molecule has 0 aliphatic rings. The Hall–Kier alpha value is -3.28. The second-order valence-corrected chi connectivity index (χ2v) is 25.2. The van der Waals surface area contributed by atoms with Crippen LogP contribution in [-0.4, -0.2) is 82.9 Å². The quantitative estimate of drug-likeness (QED) is 0.0197. The van der Waals surface area contributed by atoms with Crippen LogP contribution in [-0.2, 0) is 33.4 Å². The van der Waals surface area contributed by atoms with E-state index in [2.05, 4.69) is 76.3 Å². The molecule has 0 saturated heterocycles. The van der Waals surface area contributed by atoms with Crippen LogP contribution in [0.4, 0.5) is 0 Å². The maximum absolute atomic E-state index is 12.8. The normalized spacial score (nSPS) is 11.6. The molecule has 0 bridgehead atoms. The molecule has 0 spiro atoms. The van der Waals surface area contributed by atoms with E-state index in [0.29, 0.717) is 25.7 Å². The fraction of sp³-hybridized carbons (Fsp3) is 0.846. The molecule has 11 heteroatoms. The van der Waals surface area contributed by atoms with Crippen molar-refractivity contribution in [2.45, 2.75) is 399 Å². The van der Waals surface area contributed by atoms with Gasteiger partial charge in [0.15, 0.2) is 6.10 Å². The topological polar surface area (TPSA) is 177 Å². The van der Waals surface area contributed by atoms with Gasteiger partial charge in [-0.1, -0.05) is 282 Å². The number of ether oxygens (including phenoxy) is 3. The minimum Gasteiger partial charge on any atom is -0.481 e. The number of carbonyl (C=O) groups excluding carboxylic acids is 3. The largest absolute Gasteiger partial charge is 0.481 e. The number of aliphatic hydroxyl groups excluding tert-OH is 3. The summed E-state index contributed by atoms with van der Waals surface area (Å²) in [5, 5.41) is 32.5. The van der Waals surface area contributed by atoms with Gasteiger partial charge in [-0.25, -0.2) is 0 Å². The van der Waals surface area contributed by atoms with E-state index >= 15 is 0 Å². The van der Waals surface area contributed by atoms with Crippen LogP contribution in [0.25, 0.3) is 0 Å². The van der Waals surface area contributed by atoms with E-state index in [4.69, 9.17) is 34.6 Å². The van der Waals surface area contributed by atoms with Crippen LogP contribution in [0.3, 0.4) is 0 Å². The first-order valence-corrected chi connectivity index (χ1v) is 37.8. The van der Waals surface area contributed by atoms with Crippen molar-refractivity contribution in [3.8, 4) is 0 Å². The Morgan fingerprint density at radius 1 is 0.292 bits per heavy atom. The Kier molecular flexibility index (Phi) is 81.6. The lowest BCUT2D eigenvalue weighted by Crippen LogP contribution is -2.30. The van der Waals surface area contributed by atoms with E-state index in [1.165, 1.54) is 244 Å². The van der Waals surface area contributed by atoms with Crippen LogP contribution in [0.15, 0.2) is 48.6 Å². The number of hydrogen-bond acceptors (Lipinski definition) is 10. The number of carboxylic acid groups (broad SMARTS) is 1. The number of aliphatic carboxylic acids is 1. The maximum atomic E-state index is 12.8. The molecule has 0 amide bonds. The van der Waals surface area contributed by atoms with Crippen molar-refractivity contribution < 1.29 is 53.8 Å². The highest BCUT2D eigenvalue weighted by molar-refractivity contribution is 5.71. The van der Waals surface area contributed by atoms with Crippen LogP contribution < -0.4 is 0 Å². The summed E-state index contributed by atoms with van der Waals surface area (Å²) < 4.78 is 16.8. The Bertz CT molecular complexity index is 1500. The molecular weight excluding hydrogens is 1110 g/mol. The van der Waals surface area contributed by atoms with Crippen molar-refractivity contribution in [3.63, 3.8) is 0 Å². The molecule has 11 nitrogen and oxygen atoms in total. The van der Waals surface area contributed by atoms with E-state index in [9.17, 15) is 19.2 Å². The number of aliphatic hydroxyl groups is 3. The molecule has 4 N–H and O–H groups in total. The predicted octanol–water partition coefficient (Wildman–Crippen LogP) is 22.5. The molecule has 0 aliphatic heterocycles. The molecule has 0 radical (unpaired) electrons. The number of unbranched alkanes of at least 4 members (excludes halogenated alkanes) is 44. The first-order chi connectivity index (χ1) is 43.6. The molecule has 0 aliphatic carbocycles. The SMILES string of the molecule is CCCCCCCC/C=C\CCCCCCCC(=O)O.CCCCCCCC/C=C\CCCCCCCC(=O)OCC(COC(=O)CCCCCCC/C=C\CCCCCCCC)OC(=O)CCCCCCC/C=C\CCCCCCCC.OCC(O)CO. The third-order valence-electron chi connectivity index (χ3n) is 16.2. The fourth-order valence-electron chi connectivity index (χ4n) is 10.3. The summed E-state index contributed by atoms with van der Waals surface area (Å²) in [5.74, 6) is -1.56. The zero-order valence-electron chi connectivity index (χ0n) is 58.8. The first kappa shape index (κ1) is 89.9. The van der Waals surface area contributed by atoms with Gasteiger partial charge in [-0.05, 0) is 128 Å². The van der Waals surface area contributed by atoms with Crippen LogP contribution in [0.1, 0.15) is 387 Å². The summed E-state index contributed by atoms with van der Waals surface area (Å²) in [6.07, 6.45) is 81.5. The molecule has 0 aromatic rings. The maximum Gasteiger partial charge on any atom is 0.306 e. The van der Waals surface area contributed by atoms with Gasteiger partial charge in [-0.3, -0.25) is 19.2 Å². The van der Waals surface area contributed by atoms with Gasteiger partial charge in [0.2, 0.25) is 0 Å². The smallest absolute Gasteiger partial charge is 0.306 e. The zero-order chi connectivity index (χ0) is 65.7. The van der Waals surface area contributed by atoms with Crippen LogP contribution in [0.5, 0.6) is 0 Å². The number of carboxylic acids is 1. The Labute approximate surface area is 549 Å². The number of rotatable bonds is 67. The highest BCUT2D eigenvalue weighted by Crippen LogP contribution is 2.16. The average Bonchev–Trinajstić information content (AvgIpc) is 3.57. The van der Waals surface area contributed by atoms with Gasteiger partial charge in [-0.2, -0.15) is 0 Å². The van der Waals surface area contributed by atoms with Crippen LogP contribution in [0.2, 0.25) is 0 Å². The summed E-state index contributed by atoms with van der Waals surface area (Å²) in [6.45, 7) is 8.16. The van der Waals surface area contributed by atoms with Gasteiger partial charge < -0.3 is 34.6 Å². The standard InChI is InChI=1S/C57H104O6.C18H34O2.C3H8O3/c1-4-7-10-13-16-19-22-25-28-31-34-37-40-43-46-49-55(58)61-52-54(63-57(60)51-48-45-42-39-36-33-30-27-24-21-18-15-12-9-6-3)53-62-56(59)50-47-44-41-38-35-32-29-26-23-20-17-14-11-8-5-2;1-2-3-4-5-6-7-8-9-10-11-12-13-14-15-16-17-18(19)20;4-1-3(6)2-5/h25-30,54H,4-24,31-53H2,1-3H3;9-10H,2-8,11-17H2,1H3,(H,19,20);3-6H,1-2H2/b28-25-,29-26-,30-27-;10-9-;. The molecule has 0 heterocycles. The molecular formula is C78H146O11. The minimum atomic E-state index is -0.954. The molecule has 0 atom stereocenters. The van der Waals surface area contributed by atoms with Gasteiger partial charge >= 0.3 is 23.9 Å². The van der Waals surface area contributed by atoms with Crippen molar-refractivity contribution in [1.29, 1.82) is 0 Å². The molecule has 0 fully saturated rings. The molecule has 0 aromatic heterocycles. The van der Waals surface area contributed by atoms with Gasteiger partial charge in [0.05, 0.1) is 13.2 Å². The Morgan fingerprint density at radius 2 is 0.494 bits per heavy atom. The summed E-state index contributed by atoms with van der Waals surface area (Å²) in [6, 6.07) is 0. The lowest BCUT2D eigenvalue weighted by atomic mass is 10.1. The second kappa shape index (κ2) is 80.8. The highest BCUT2D eigenvalue weighted by Gasteiger charge is 2.20. The number of carbonyl (C=O) groups is 4. The summed E-state index contributed by atoms with van der Waals surface area (Å²) in [7, 11) is 0. The number of esters is 3. The van der Waals surface area contributed by atoms with E-state index < -0.39 is 18.2 Å². The van der Waals surface area contributed by atoms with Crippen molar-refractivity contribution >= 4 is 23.9 Å². The predicted molar refractivity (Wildman–Crippen MR) is 377 cm³/mol. The average molecular weight is 1260 g/mol. The molecule has 524 valence electrons. The van der Waals surface area contributed by atoms with Crippen LogP contribution >= 0.6 is 0 Å². The Morgan fingerprint density at radius 3 is 0.708 bits per heavy atom. The molecule has 89 heavy (non-hydrogen) atoms. The molecule has 0 rings (SSSR count). The van der Waals surface area contributed by atoms with Crippen molar-refractivity contribution in [1.82, 2.24) is 0 Å². The molecule has 0 aromatic carbocycles. The Balaban J connectivity index is -0.00000234. The third kappa shape index (κ3) is 84.7. The van der Waals surface area contributed by atoms with E-state index in [-0.39, 0.29) is 44.3 Å². The number of hydrogen-bond donors (Lipinski definition) is 4. The van der Waals surface area contributed by atoms with E-state index in [1.54, 1.807) is 0 Å². The lowest BCUT2D eigenvalue weighted by Gasteiger charge is -2.18. The van der Waals surface area contributed by atoms with Gasteiger partial charge in [-0.15, -0.1) is 0 Å². The monoisotopic (exact) mass is 1260 g/mol. The molecule has 0 saturated carbocycles. The van der Waals surface area contributed by atoms with Crippen molar-refractivity contribution in [2.75, 3.05) is 26.4 Å². The minimum absolute atomic E-state index is 0.0806. The van der Waals surface area contributed by atoms with Gasteiger partial charge in [0.1, 0.15) is 19.3 Å². The van der Waals surface area contributed by atoms with Crippen molar-refractivity contribution in [3.05, 3.63) is 48.6 Å². The van der Waals surface area contributed by atoms with Gasteiger partial charge in [0, 0.05) is 25.7 Å². The third-order valence-corrected chi connectivity index (χ3v) is 16.2. The highest BCUT2D eigenvalue weighted by atomic mass is 16.6. The van der Waals surface area contributed by atoms with E-state index in [1.807, 2.05) is 0 Å². The van der Waals surface area contributed by atoms with Gasteiger partial charge in [0.25, 0.3) is 0 Å². The lowest BCUT2D eigenvalue weighted by molar-refractivity contribution is -0.167. The second-order valence-electron chi connectivity index (χ2n) is 25.2. The zero-order valence-corrected chi connectivity index (χ0v) is 58.8. The fourth-order valence-corrected chi connectivity index (χ4v) is 10.3.